The predicted molar refractivity (Wildman–Crippen MR) is 44.5 cm³/mol. The first-order valence-electron chi connectivity index (χ1n) is 4.26. The molecule has 0 aromatic carbocycles. The number of hydrogen-bond donors (Lipinski definition) is 1. The molecule has 70 valence electrons. The maximum absolute atomic E-state index is 11.2. The quantitative estimate of drug-likeness (QED) is 0.599. The molecule has 0 amide bonds. The Labute approximate surface area is 72.7 Å². The molecule has 0 saturated heterocycles. The van der Waals surface area contributed by atoms with E-state index in [1.807, 2.05) is 13.8 Å². The van der Waals surface area contributed by atoms with Crippen molar-refractivity contribution in [3.05, 3.63) is 0 Å². The van der Waals surface area contributed by atoms with Crippen molar-refractivity contribution < 1.29 is 14.6 Å². The molecular formula is C9H16O3. The largest absolute Gasteiger partial charge is 0.469 e. The zero-order valence-electron chi connectivity index (χ0n) is 7.83. The minimum atomic E-state index is -0.374. The monoisotopic (exact) mass is 172 g/mol. The lowest BCUT2D eigenvalue weighted by atomic mass is 9.80. The number of ether oxygens (including phenoxy) is 1. The van der Waals surface area contributed by atoms with Crippen LogP contribution in [0.2, 0.25) is 0 Å². The summed E-state index contributed by atoms with van der Waals surface area (Å²) in [5.74, 6) is -0.339. The SMILES string of the molecule is COC(=O)[C@H]1CC[C@H](O)C1(C)C. The van der Waals surface area contributed by atoms with Crippen molar-refractivity contribution in [3.63, 3.8) is 0 Å². The van der Waals surface area contributed by atoms with Crippen molar-refractivity contribution in [1.82, 2.24) is 0 Å². The van der Waals surface area contributed by atoms with E-state index in [9.17, 15) is 9.90 Å². The van der Waals surface area contributed by atoms with E-state index < -0.39 is 0 Å². The number of esters is 1. The van der Waals surface area contributed by atoms with Gasteiger partial charge in [-0.25, -0.2) is 0 Å². The molecule has 0 bridgehead atoms. The van der Waals surface area contributed by atoms with Gasteiger partial charge in [0.25, 0.3) is 0 Å². The third-order valence-corrected chi connectivity index (χ3v) is 2.97. The third-order valence-electron chi connectivity index (χ3n) is 2.97. The Morgan fingerprint density at radius 2 is 2.08 bits per heavy atom. The van der Waals surface area contributed by atoms with Crippen molar-refractivity contribution >= 4 is 5.97 Å². The van der Waals surface area contributed by atoms with E-state index in [0.717, 1.165) is 6.42 Å². The summed E-state index contributed by atoms with van der Waals surface area (Å²) in [6.45, 7) is 3.82. The molecule has 0 aliphatic heterocycles. The average Bonchev–Trinajstić information content (AvgIpc) is 2.27. The van der Waals surface area contributed by atoms with E-state index in [-0.39, 0.29) is 23.4 Å². The van der Waals surface area contributed by atoms with Gasteiger partial charge in [-0.3, -0.25) is 4.79 Å². The number of aliphatic hydroxyl groups is 1. The molecule has 0 spiro atoms. The van der Waals surface area contributed by atoms with Gasteiger partial charge in [0.2, 0.25) is 0 Å². The molecule has 0 aromatic heterocycles. The first kappa shape index (κ1) is 9.52. The number of carbonyl (C=O) groups is 1. The van der Waals surface area contributed by atoms with Crippen LogP contribution >= 0.6 is 0 Å². The Hall–Kier alpha value is -0.570. The zero-order valence-corrected chi connectivity index (χ0v) is 7.83. The normalized spacial score (nSPS) is 33.3. The zero-order chi connectivity index (χ0) is 9.35. The van der Waals surface area contributed by atoms with Crippen LogP contribution in [0, 0.1) is 11.3 Å². The number of methoxy groups -OCH3 is 1. The fourth-order valence-corrected chi connectivity index (χ4v) is 1.86. The van der Waals surface area contributed by atoms with Crippen LogP contribution in [0.1, 0.15) is 26.7 Å². The van der Waals surface area contributed by atoms with Crippen LogP contribution in [-0.2, 0) is 9.53 Å². The van der Waals surface area contributed by atoms with Gasteiger partial charge in [-0.05, 0) is 12.8 Å². The maximum atomic E-state index is 11.2. The van der Waals surface area contributed by atoms with Crippen molar-refractivity contribution in [1.29, 1.82) is 0 Å². The summed E-state index contributed by atoms with van der Waals surface area (Å²) in [4.78, 5) is 11.2. The molecule has 1 saturated carbocycles. The summed E-state index contributed by atoms with van der Waals surface area (Å²) in [5.41, 5.74) is -0.326. The van der Waals surface area contributed by atoms with Crippen LogP contribution < -0.4 is 0 Å². The molecule has 0 radical (unpaired) electrons. The number of rotatable bonds is 1. The second kappa shape index (κ2) is 3.05. The second-order valence-corrected chi connectivity index (χ2v) is 3.99. The van der Waals surface area contributed by atoms with Crippen molar-refractivity contribution in [2.75, 3.05) is 7.11 Å². The van der Waals surface area contributed by atoms with E-state index in [1.54, 1.807) is 0 Å². The highest BCUT2D eigenvalue weighted by molar-refractivity contribution is 5.73. The molecule has 1 aliphatic rings. The van der Waals surface area contributed by atoms with Gasteiger partial charge >= 0.3 is 5.97 Å². The Morgan fingerprint density at radius 1 is 1.50 bits per heavy atom. The summed E-state index contributed by atoms with van der Waals surface area (Å²) in [6, 6.07) is 0. The van der Waals surface area contributed by atoms with Crippen LogP contribution in [0.15, 0.2) is 0 Å². The van der Waals surface area contributed by atoms with Crippen LogP contribution in [0.4, 0.5) is 0 Å². The summed E-state index contributed by atoms with van der Waals surface area (Å²) in [7, 11) is 1.39. The molecule has 3 heteroatoms. The third kappa shape index (κ3) is 1.33. The van der Waals surface area contributed by atoms with Gasteiger partial charge in [0, 0.05) is 5.41 Å². The Bertz CT molecular complexity index is 186. The average molecular weight is 172 g/mol. The fraction of sp³-hybridized carbons (Fsp3) is 0.889. The highest BCUT2D eigenvalue weighted by Gasteiger charge is 2.46. The summed E-state index contributed by atoms with van der Waals surface area (Å²) in [5, 5.41) is 9.56. The topological polar surface area (TPSA) is 46.5 Å². The molecule has 1 aliphatic carbocycles. The van der Waals surface area contributed by atoms with E-state index in [2.05, 4.69) is 4.74 Å². The first-order valence-corrected chi connectivity index (χ1v) is 4.26. The van der Waals surface area contributed by atoms with E-state index >= 15 is 0 Å². The first-order chi connectivity index (χ1) is 5.50. The highest BCUT2D eigenvalue weighted by Crippen LogP contribution is 2.43. The van der Waals surface area contributed by atoms with Crippen LogP contribution in [0.5, 0.6) is 0 Å². The summed E-state index contributed by atoms with van der Waals surface area (Å²) >= 11 is 0. The molecule has 12 heavy (non-hydrogen) atoms. The molecule has 1 fully saturated rings. The molecule has 3 nitrogen and oxygen atoms in total. The van der Waals surface area contributed by atoms with Gasteiger partial charge in [-0.2, -0.15) is 0 Å². The molecule has 0 unspecified atom stereocenters. The van der Waals surface area contributed by atoms with Crippen molar-refractivity contribution in [3.8, 4) is 0 Å². The van der Waals surface area contributed by atoms with Gasteiger partial charge in [-0.15, -0.1) is 0 Å². The molecule has 1 rings (SSSR count). The molecular weight excluding hydrogens is 156 g/mol. The van der Waals surface area contributed by atoms with E-state index in [1.165, 1.54) is 7.11 Å². The molecule has 2 atom stereocenters. The van der Waals surface area contributed by atoms with E-state index in [4.69, 9.17) is 0 Å². The summed E-state index contributed by atoms with van der Waals surface area (Å²) < 4.78 is 4.67. The molecule has 0 aromatic rings. The lowest BCUT2D eigenvalue weighted by molar-refractivity contribution is -0.149. The van der Waals surface area contributed by atoms with Crippen LogP contribution in [0.25, 0.3) is 0 Å². The predicted octanol–water partition coefficient (Wildman–Crippen LogP) is 0.956. The van der Waals surface area contributed by atoms with Gasteiger partial charge in [0.1, 0.15) is 0 Å². The number of hydrogen-bond acceptors (Lipinski definition) is 3. The van der Waals surface area contributed by atoms with Crippen LogP contribution in [0.3, 0.4) is 0 Å². The minimum absolute atomic E-state index is 0.141. The van der Waals surface area contributed by atoms with Crippen LogP contribution in [-0.4, -0.2) is 24.3 Å². The fourth-order valence-electron chi connectivity index (χ4n) is 1.86. The Kier molecular flexibility index (Phi) is 2.42. The molecule has 0 heterocycles. The lowest BCUT2D eigenvalue weighted by Crippen LogP contribution is -2.33. The number of carbonyl (C=O) groups excluding carboxylic acids is 1. The smallest absolute Gasteiger partial charge is 0.309 e. The van der Waals surface area contributed by atoms with Gasteiger partial charge in [0.15, 0.2) is 0 Å². The highest BCUT2D eigenvalue weighted by atomic mass is 16.5. The van der Waals surface area contributed by atoms with Gasteiger partial charge in [0.05, 0.1) is 19.1 Å². The second-order valence-electron chi connectivity index (χ2n) is 3.99. The Balaban J connectivity index is 2.74. The lowest BCUT2D eigenvalue weighted by Gasteiger charge is -2.27. The van der Waals surface area contributed by atoms with Crippen molar-refractivity contribution in [2.45, 2.75) is 32.8 Å². The standard InChI is InChI=1S/C9H16O3/c1-9(2)6(8(11)12-3)4-5-7(9)10/h6-7,10H,4-5H2,1-3H3/t6-,7+/m1/s1. The Morgan fingerprint density at radius 3 is 2.42 bits per heavy atom. The number of aliphatic hydroxyl groups excluding tert-OH is 1. The maximum Gasteiger partial charge on any atom is 0.309 e. The minimum Gasteiger partial charge on any atom is -0.469 e. The van der Waals surface area contributed by atoms with E-state index in [0.29, 0.717) is 6.42 Å². The van der Waals surface area contributed by atoms with Crippen molar-refractivity contribution in [2.24, 2.45) is 11.3 Å². The summed E-state index contributed by atoms with van der Waals surface area (Å²) in [6.07, 6.45) is 1.06. The van der Waals surface area contributed by atoms with Gasteiger partial charge in [-0.1, -0.05) is 13.8 Å². The van der Waals surface area contributed by atoms with Gasteiger partial charge < -0.3 is 9.84 Å². The molecule has 1 N–H and O–H groups in total.